The summed E-state index contributed by atoms with van der Waals surface area (Å²) in [5, 5.41) is 6.13. The SMILES string of the molecule is CC1CCCC(CNC2CCCc3sccc32)C1. The smallest absolute Gasteiger partial charge is 0.0331 e. The van der Waals surface area contributed by atoms with Gasteiger partial charge in [0.1, 0.15) is 0 Å². The van der Waals surface area contributed by atoms with E-state index in [-0.39, 0.29) is 0 Å². The lowest BCUT2D eigenvalue weighted by atomic mass is 9.82. The van der Waals surface area contributed by atoms with Gasteiger partial charge in [0.25, 0.3) is 0 Å². The molecule has 18 heavy (non-hydrogen) atoms. The monoisotopic (exact) mass is 263 g/mol. The number of fused-ring (bicyclic) bond motifs is 1. The van der Waals surface area contributed by atoms with E-state index in [1.165, 1.54) is 51.5 Å². The van der Waals surface area contributed by atoms with Crippen molar-refractivity contribution in [3.63, 3.8) is 0 Å². The van der Waals surface area contributed by atoms with Gasteiger partial charge in [0.05, 0.1) is 0 Å². The molecule has 3 atom stereocenters. The molecule has 3 rings (SSSR count). The summed E-state index contributed by atoms with van der Waals surface area (Å²) in [6.07, 6.45) is 9.80. The summed E-state index contributed by atoms with van der Waals surface area (Å²) >= 11 is 1.95. The van der Waals surface area contributed by atoms with Crippen molar-refractivity contribution in [2.75, 3.05) is 6.54 Å². The zero-order valence-corrected chi connectivity index (χ0v) is 12.3. The van der Waals surface area contributed by atoms with Crippen LogP contribution in [-0.2, 0) is 6.42 Å². The molecule has 2 aliphatic rings. The minimum absolute atomic E-state index is 0.650. The summed E-state index contributed by atoms with van der Waals surface area (Å²) in [4.78, 5) is 1.63. The van der Waals surface area contributed by atoms with Crippen molar-refractivity contribution in [1.82, 2.24) is 5.32 Å². The molecular formula is C16H25NS. The Hall–Kier alpha value is -0.340. The Balaban J connectivity index is 1.55. The molecule has 0 aliphatic heterocycles. The molecule has 1 nitrogen and oxygen atoms in total. The number of aryl methyl sites for hydroxylation is 1. The molecule has 0 amide bonds. The Morgan fingerprint density at radius 2 is 2.22 bits per heavy atom. The molecular weight excluding hydrogens is 238 g/mol. The Morgan fingerprint density at radius 3 is 3.11 bits per heavy atom. The molecule has 1 fully saturated rings. The van der Waals surface area contributed by atoms with Crippen LogP contribution in [-0.4, -0.2) is 6.54 Å². The lowest BCUT2D eigenvalue weighted by molar-refractivity contribution is 0.263. The van der Waals surface area contributed by atoms with Crippen LogP contribution >= 0.6 is 11.3 Å². The van der Waals surface area contributed by atoms with Crippen LogP contribution in [0.3, 0.4) is 0 Å². The second-order valence-electron chi connectivity index (χ2n) is 6.29. The highest BCUT2D eigenvalue weighted by molar-refractivity contribution is 7.10. The second kappa shape index (κ2) is 5.75. The first-order valence-corrected chi connectivity index (χ1v) is 8.50. The summed E-state index contributed by atoms with van der Waals surface area (Å²) in [7, 11) is 0. The van der Waals surface area contributed by atoms with E-state index in [1.54, 1.807) is 10.4 Å². The molecule has 0 aromatic carbocycles. The maximum Gasteiger partial charge on any atom is 0.0331 e. The van der Waals surface area contributed by atoms with Gasteiger partial charge in [0, 0.05) is 10.9 Å². The van der Waals surface area contributed by atoms with Gasteiger partial charge in [-0.3, -0.25) is 0 Å². The summed E-state index contributed by atoms with van der Waals surface area (Å²) < 4.78 is 0. The van der Waals surface area contributed by atoms with Crippen molar-refractivity contribution in [2.24, 2.45) is 11.8 Å². The maximum atomic E-state index is 3.86. The van der Waals surface area contributed by atoms with E-state index in [0.29, 0.717) is 6.04 Å². The Kier molecular flexibility index (Phi) is 4.05. The summed E-state index contributed by atoms with van der Waals surface area (Å²) in [6.45, 7) is 3.66. The number of thiophene rings is 1. The van der Waals surface area contributed by atoms with Gasteiger partial charge in [-0.05, 0) is 67.5 Å². The highest BCUT2D eigenvalue weighted by atomic mass is 32.1. The van der Waals surface area contributed by atoms with Crippen molar-refractivity contribution < 1.29 is 0 Å². The molecule has 1 N–H and O–H groups in total. The molecule has 1 saturated carbocycles. The van der Waals surface area contributed by atoms with E-state index in [2.05, 4.69) is 23.7 Å². The van der Waals surface area contributed by atoms with Gasteiger partial charge >= 0.3 is 0 Å². The number of hydrogen-bond donors (Lipinski definition) is 1. The Labute approximate surface area is 115 Å². The van der Waals surface area contributed by atoms with Gasteiger partial charge in [-0.1, -0.05) is 19.8 Å². The average Bonchev–Trinajstić information content (AvgIpc) is 2.85. The molecule has 0 saturated heterocycles. The quantitative estimate of drug-likeness (QED) is 0.844. The van der Waals surface area contributed by atoms with Crippen LogP contribution in [0.15, 0.2) is 11.4 Å². The predicted octanol–water partition coefficient (Wildman–Crippen LogP) is 4.54. The molecule has 2 aliphatic carbocycles. The van der Waals surface area contributed by atoms with Crippen LogP contribution in [0.4, 0.5) is 0 Å². The lowest BCUT2D eigenvalue weighted by Crippen LogP contribution is -2.31. The topological polar surface area (TPSA) is 12.0 Å². The van der Waals surface area contributed by atoms with E-state index < -0.39 is 0 Å². The zero-order valence-electron chi connectivity index (χ0n) is 11.5. The van der Waals surface area contributed by atoms with Gasteiger partial charge < -0.3 is 5.32 Å². The van der Waals surface area contributed by atoms with Gasteiger partial charge in [-0.15, -0.1) is 11.3 Å². The van der Waals surface area contributed by atoms with Gasteiger partial charge in [-0.2, -0.15) is 0 Å². The van der Waals surface area contributed by atoms with E-state index in [0.717, 1.165) is 11.8 Å². The number of hydrogen-bond acceptors (Lipinski definition) is 2. The van der Waals surface area contributed by atoms with Gasteiger partial charge in [0.15, 0.2) is 0 Å². The van der Waals surface area contributed by atoms with E-state index in [1.807, 2.05) is 11.3 Å². The maximum absolute atomic E-state index is 3.86. The summed E-state index contributed by atoms with van der Waals surface area (Å²) in [6, 6.07) is 3.00. The first-order valence-electron chi connectivity index (χ1n) is 7.62. The summed E-state index contributed by atoms with van der Waals surface area (Å²) in [5.41, 5.74) is 1.61. The van der Waals surface area contributed by atoms with Crippen LogP contribution in [0.25, 0.3) is 0 Å². The molecule has 3 unspecified atom stereocenters. The van der Waals surface area contributed by atoms with Crippen molar-refractivity contribution in [3.05, 3.63) is 21.9 Å². The Morgan fingerprint density at radius 1 is 1.28 bits per heavy atom. The van der Waals surface area contributed by atoms with Crippen LogP contribution in [0.2, 0.25) is 0 Å². The Bertz CT molecular complexity index is 384. The third-order valence-corrected chi connectivity index (χ3v) is 5.75. The summed E-state index contributed by atoms with van der Waals surface area (Å²) in [5.74, 6) is 1.88. The standard InChI is InChI=1S/C16H25NS/c1-12-4-2-5-13(10-12)11-17-15-6-3-7-16-14(15)8-9-18-16/h8-9,12-13,15,17H,2-7,10-11H2,1H3. The van der Waals surface area contributed by atoms with Crippen molar-refractivity contribution >= 4 is 11.3 Å². The lowest BCUT2D eigenvalue weighted by Gasteiger charge is -2.30. The normalized spacial score (nSPS) is 32.2. The number of nitrogens with one attached hydrogen (secondary N) is 1. The molecule has 1 aromatic rings. The fourth-order valence-electron chi connectivity index (χ4n) is 3.75. The highest BCUT2D eigenvalue weighted by Crippen LogP contribution is 2.34. The van der Waals surface area contributed by atoms with Crippen molar-refractivity contribution in [3.8, 4) is 0 Å². The van der Waals surface area contributed by atoms with E-state index in [9.17, 15) is 0 Å². The molecule has 0 bridgehead atoms. The molecule has 2 heteroatoms. The van der Waals surface area contributed by atoms with E-state index in [4.69, 9.17) is 0 Å². The molecule has 100 valence electrons. The fourth-order valence-corrected chi connectivity index (χ4v) is 4.74. The third kappa shape index (κ3) is 2.80. The van der Waals surface area contributed by atoms with Crippen LogP contribution < -0.4 is 5.32 Å². The van der Waals surface area contributed by atoms with Gasteiger partial charge in [0.2, 0.25) is 0 Å². The molecule has 1 heterocycles. The van der Waals surface area contributed by atoms with Crippen molar-refractivity contribution in [1.29, 1.82) is 0 Å². The van der Waals surface area contributed by atoms with Crippen molar-refractivity contribution in [2.45, 2.75) is 57.9 Å². The third-order valence-electron chi connectivity index (χ3n) is 4.75. The minimum Gasteiger partial charge on any atom is -0.310 e. The highest BCUT2D eigenvalue weighted by Gasteiger charge is 2.23. The molecule has 0 radical (unpaired) electrons. The van der Waals surface area contributed by atoms with Gasteiger partial charge in [-0.25, -0.2) is 0 Å². The predicted molar refractivity (Wildman–Crippen MR) is 79.1 cm³/mol. The van der Waals surface area contributed by atoms with E-state index >= 15 is 0 Å². The first kappa shape index (κ1) is 12.7. The van der Waals surface area contributed by atoms with Crippen LogP contribution in [0, 0.1) is 11.8 Å². The van der Waals surface area contributed by atoms with Crippen LogP contribution in [0.1, 0.15) is 61.9 Å². The fraction of sp³-hybridized carbons (Fsp3) is 0.750. The molecule has 1 aromatic heterocycles. The minimum atomic E-state index is 0.650. The zero-order chi connectivity index (χ0) is 12.4. The average molecular weight is 263 g/mol. The van der Waals surface area contributed by atoms with Crippen LogP contribution in [0.5, 0.6) is 0 Å². The first-order chi connectivity index (χ1) is 8.83. The number of rotatable bonds is 3. The largest absolute Gasteiger partial charge is 0.310 e. The second-order valence-corrected chi connectivity index (χ2v) is 7.29. The molecule has 0 spiro atoms.